The summed E-state index contributed by atoms with van der Waals surface area (Å²) in [7, 11) is 2.35. The summed E-state index contributed by atoms with van der Waals surface area (Å²) in [6.45, 7) is 3.62. The number of hydrogen-bond donors (Lipinski definition) is 0. The topological polar surface area (TPSA) is 105 Å². The van der Waals surface area contributed by atoms with Crippen molar-refractivity contribution in [3.8, 4) is 0 Å². The number of carbonyl (C=O) groups excluding carboxylic acids is 2. The lowest BCUT2D eigenvalue weighted by molar-refractivity contribution is -0.385. The van der Waals surface area contributed by atoms with Gasteiger partial charge in [-0.15, -0.1) is 0 Å². The number of ether oxygens (including phenoxy) is 3. The van der Waals surface area contributed by atoms with Crippen LogP contribution >= 0.6 is 0 Å². The van der Waals surface area contributed by atoms with Crippen LogP contribution in [0.25, 0.3) is 0 Å². The summed E-state index contributed by atoms with van der Waals surface area (Å²) in [5.41, 5.74) is 0.0726. The minimum absolute atomic E-state index is 0.0594. The van der Waals surface area contributed by atoms with Gasteiger partial charge in [-0.25, -0.2) is 9.59 Å². The molecule has 0 radical (unpaired) electrons. The van der Waals surface area contributed by atoms with Crippen LogP contribution in [0.4, 0.5) is 5.69 Å². The highest BCUT2D eigenvalue weighted by molar-refractivity contribution is 5.91. The molecule has 0 saturated carbocycles. The summed E-state index contributed by atoms with van der Waals surface area (Å²) < 4.78 is 14.7. The molecule has 0 spiro atoms. The Morgan fingerprint density at radius 1 is 1.25 bits per heavy atom. The molecule has 8 nitrogen and oxygen atoms in total. The van der Waals surface area contributed by atoms with Gasteiger partial charge in [0.05, 0.1) is 30.6 Å². The molecule has 8 heteroatoms. The summed E-state index contributed by atoms with van der Waals surface area (Å²) in [6, 6.07) is 5.99. The van der Waals surface area contributed by atoms with Crippen molar-refractivity contribution in [2.24, 2.45) is 0 Å². The molecular weight excluding hydrogens is 318 g/mol. The second-order valence-electron chi connectivity index (χ2n) is 4.92. The molecule has 1 aromatic carbocycles. The minimum atomic E-state index is -1.01. The molecule has 0 unspecified atom stereocenters. The number of carbonyl (C=O) groups is 2. The number of para-hydroxylation sites is 1. The normalized spacial score (nSPS) is 19.0. The molecule has 2 rings (SSSR count). The minimum Gasteiger partial charge on any atom is -0.477 e. The van der Waals surface area contributed by atoms with Crippen LogP contribution in [0.5, 0.6) is 0 Å². The first-order valence-corrected chi connectivity index (χ1v) is 6.88. The third-order valence-corrected chi connectivity index (χ3v) is 3.58. The van der Waals surface area contributed by atoms with E-state index in [2.05, 4.69) is 16.1 Å². The van der Waals surface area contributed by atoms with E-state index in [1.807, 2.05) is 0 Å². The SMILES string of the molecule is C=C(C(=O)OC)[C@H]1OC(C(=O)OC)=C[C@@H]1c1ccccc1[N+](=O)[O-]. The van der Waals surface area contributed by atoms with E-state index >= 15 is 0 Å². The lowest BCUT2D eigenvalue weighted by Crippen LogP contribution is -2.25. The van der Waals surface area contributed by atoms with Crippen molar-refractivity contribution < 1.29 is 28.7 Å². The second-order valence-corrected chi connectivity index (χ2v) is 4.92. The fourth-order valence-corrected chi connectivity index (χ4v) is 2.44. The number of hydrogen-bond acceptors (Lipinski definition) is 7. The molecule has 1 heterocycles. The van der Waals surface area contributed by atoms with Gasteiger partial charge in [-0.3, -0.25) is 10.1 Å². The van der Waals surface area contributed by atoms with Crippen LogP contribution in [-0.2, 0) is 23.8 Å². The van der Waals surface area contributed by atoms with Gasteiger partial charge in [0.15, 0.2) is 0 Å². The number of esters is 2. The van der Waals surface area contributed by atoms with Crippen molar-refractivity contribution in [3.63, 3.8) is 0 Å². The third-order valence-electron chi connectivity index (χ3n) is 3.58. The molecule has 0 bridgehead atoms. The molecule has 0 N–H and O–H groups in total. The summed E-state index contributed by atoms with van der Waals surface area (Å²) in [5, 5.41) is 11.3. The molecule has 0 amide bonds. The first kappa shape index (κ1) is 17.2. The first-order chi connectivity index (χ1) is 11.4. The number of nitro groups is 1. The van der Waals surface area contributed by atoms with E-state index in [0.717, 1.165) is 0 Å². The van der Waals surface area contributed by atoms with Gasteiger partial charge in [-0.05, 0) is 6.08 Å². The molecule has 0 fully saturated rings. The van der Waals surface area contributed by atoms with Crippen molar-refractivity contribution >= 4 is 17.6 Å². The zero-order valence-corrected chi connectivity index (χ0v) is 13.1. The summed E-state index contributed by atoms with van der Waals surface area (Å²) in [6.07, 6.45) is 0.375. The van der Waals surface area contributed by atoms with Gasteiger partial charge in [-0.2, -0.15) is 0 Å². The van der Waals surface area contributed by atoms with Gasteiger partial charge in [0.1, 0.15) is 6.10 Å². The lowest BCUT2D eigenvalue weighted by atomic mass is 9.89. The molecule has 0 aliphatic carbocycles. The van der Waals surface area contributed by atoms with Crippen LogP contribution in [0, 0.1) is 10.1 Å². The smallest absolute Gasteiger partial charge is 0.373 e. The highest BCUT2D eigenvalue weighted by Gasteiger charge is 2.40. The van der Waals surface area contributed by atoms with Crippen LogP contribution < -0.4 is 0 Å². The Hall–Kier alpha value is -3.16. The molecule has 24 heavy (non-hydrogen) atoms. The highest BCUT2D eigenvalue weighted by Crippen LogP contribution is 2.40. The predicted octanol–water partition coefficient (Wildman–Crippen LogP) is 1.86. The molecule has 0 saturated heterocycles. The largest absolute Gasteiger partial charge is 0.477 e. The molecule has 1 aromatic rings. The zero-order chi connectivity index (χ0) is 17.9. The quantitative estimate of drug-likeness (QED) is 0.350. The molecule has 2 atom stereocenters. The standard InChI is InChI=1S/C16H15NO7/c1-9(15(18)22-2)14-11(8-13(24-14)16(19)23-3)10-6-4-5-7-12(10)17(20)21/h4-8,11,14H,1H2,2-3H3/t11-,14-/m1/s1. The first-order valence-electron chi connectivity index (χ1n) is 6.88. The average Bonchev–Trinajstić information content (AvgIpc) is 3.04. The third kappa shape index (κ3) is 3.12. The summed E-state index contributed by atoms with van der Waals surface area (Å²) in [4.78, 5) is 34.2. The van der Waals surface area contributed by atoms with Crippen LogP contribution in [0.3, 0.4) is 0 Å². The van der Waals surface area contributed by atoms with Gasteiger partial charge in [0.25, 0.3) is 5.69 Å². The fourth-order valence-electron chi connectivity index (χ4n) is 2.44. The van der Waals surface area contributed by atoms with Gasteiger partial charge >= 0.3 is 11.9 Å². The summed E-state index contributed by atoms with van der Waals surface area (Å²) in [5.74, 6) is -2.38. The van der Waals surface area contributed by atoms with E-state index < -0.39 is 28.9 Å². The van der Waals surface area contributed by atoms with Crippen LogP contribution in [0.1, 0.15) is 11.5 Å². The second kappa shape index (κ2) is 6.95. The zero-order valence-electron chi connectivity index (χ0n) is 13.1. The molecule has 0 aromatic heterocycles. The maximum absolute atomic E-state index is 11.8. The number of nitrogens with zero attached hydrogens (tertiary/aromatic N) is 1. The van der Waals surface area contributed by atoms with E-state index in [1.54, 1.807) is 6.07 Å². The van der Waals surface area contributed by atoms with Gasteiger partial charge in [0.2, 0.25) is 5.76 Å². The fraction of sp³-hybridized carbons (Fsp3) is 0.250. The van der Waals surface area contributed by atoms with Crippen LogP contribution in [-0.4, -0.2) is 37.2 Å². The molecule has 126 valence electrons. The van der Waals surface area contributed by atoms with Crippen LogP contribution in [0.15, 0.2) is 48.3 Å². The van der Waals surface area contributed by atoms with Crippen molar-refractivity contribution in [2.45, 2.75) is 12.0 Å². The van der Waals surface area contributed by atoms with Crippen LogP contribution in [0.2, 0.25) is 0 Å². The van der Waals surface area contributed by atoms with Gasteiger partial charge in [0, 0.05) is 11.6 Å². The van der Waals surface area contributed by atoms with E-state index in [1.165, 1.54) is 38.5 Å². The number of nitro benzene ring substituents is 1. The highest BCUT2D eigenvalue weighted by atomic mass is 16.6. The Balaban J connectivity index is 2.50. The lowest BCUT2D eigenvalue weighted by Gasteiger charge is -2.20. The van der Waals surface area contributed by atoms with Gasteiger partial charge < -0.3 is 14.2 Å². The van der Waals surface area contributed by atoms with Crippen molar-refractivity contribution in [1.82, 2.24) is 0 Å². The van der Waals surface area contributed by atoms with Crippen molar-refractivity contribution in [1.29, 1.82) is 0 Å². The van der Waals surface area contributed by atoms with E-state index in [0.29, 0.717) is 0 Å². The van der Waals surface area contributed by atoms with E-state index in [9.17, 15) is 19.7 Å². The maximum Gasteiger partial charge on any atom is 0.373 e. The Morgan fingerprint density at radius 3 is 2.50 bits per heavy atom. The monoisotopic (exact) mass is 333 g/mol. The molecule has 1 aliphatic heterocycles. The van der Waals surface area contributed by atoms with E-state index in [4.69, 9.17) is 4.74 Å². The Bertz CT molecular complexity index is 738. The predicted molar refractivity (Wildman–Crippen MR) is 82.0 cm³/mol. The van der Waals surface area contributed by atoms with E-state index in [-0.39, 0.29) is 22.6 Å². The average molecular weight is 333 g/mol. The Kier molecular flexibility index (Phi) is 4.98. The molecule has 1 aliphatic rings. The summed E-state index contributed by atoms with van der Waals surface area (Å²) >= 11 is 0. The number of rotatable bonds is 5. The Morgan fingerprint density at radius 2 is 1.92 bits per heavy atom. The van der Waals surface area contributed by atoms with Gasteiger partial charge in [-0.1, -0.05) is 24.8 Å². The maximum atomic E-state index is 11.8. The van der Waals surface area contributed by atoms with Crippen molar-refractivity contribution in [2.75, 3.05) is 14.2 Å². The number of benzene rings is 1. The molecular formula is C16H15NO7. The van der Waals surface area contributed by atoms with Crippen molar-refractivity contribution in [3.05, 3.63) is 63.9 Å². The number of methoxy groups -OCH3 is 2. The Labute approximate surface area is 137 Å².